The second kappa shape index (κ2) is 17.0. The third-order valence-electron chi connectivity index (χ3n) is 0.223. The molecule has 0 aromatic rings. The van der Waals surface area contributed by atoms with Crippen LogP contribution in [0.3, 0.4) is 0 Å². The van der Waals surface area contributed by atoms with Crippen molar-refractivity contribution in [3.63, 3.8) is 0 Å². The Morgan fingerprint density at radius 3 is 2.00 bits per heavy atom. The number of rotatable bonds is 1. The van der Waals surface area contributed by atoms with Crippen molar-refractivity contribution < 1.29 is 0 Å². The summed E-state index contributed by atoms with van der Waals surface area (Å²) in [5.41, 5.74) is 0. The van der Waals surface area contributed by atoms with Crippen molar-refractivity contribution in [1.82, 2.24) is 0 Å². The summed E-state index contributed by atoms with van der Waals surface area (Å²) in [6.45, 7) is 6.67. The van der Waals surface area contributed by atoms with Gasteiger partial charge in [-0.25, -0.2) is 4.99 Å². The van der Waals surface area contributed by atoms with E-state index < -0.39 is 0 Å². The molecule has 2 heteroatoms. The van der Waals surface area contributed by atoms with Gasteiger partial charge in [-0.1, -0.05) is 13.8 Å². The lowest BCUT2D eigenvalue weighted by molar-refractivity contribution is 1.15. The van der Waals surface area contributed by atoms with Crippen molar-refractivity contribution in [3.05, 3.63) is 0 Å². The van der Waals surface area contributed by atoms with Crippen LogP contribution in [0.1, 0.15) is 20.8 Å². The number of hydrogen-bond donors (Lipinski definition) is 0. The topological polar surface area (TPSA) is 12.4 Å². The molecule has 0 aliphatic carbocycles. The van der Waals surface area contributed by atoms with Gasteiger partial charge in [-0.05, 0) is 19.1 Å². The first kappa shape index (κ1) is 9.93. The highest BCUT2D eigenvalue weighted by Gasteiger charge is 1.49. The Hall–Kier alpha value is -0.200. The van der Waals surface area contributed by atoms with Crippen LogP contribution in [0.5, 0.6) is 0 Å². The molecule has 0 amide bonds. The van der Waals surface area contributed by atoms with Crippen LogP contribution in [-0.4, -0.2) is 11.7 Å². The lowest BCUT2D eigenvalue weighted by Gasteiger charge is -1.60. The average molecular weight is 117 g/mol. The summed E-state index contributed by atoms with van der Waals surface area (Å²) in [5, 5.41) is 2.23. The summed E-state index contributed by atoms with van der Waals surface area (Å²) in [7, 11) is 0. The van der Waals surface area contributed by atoms with E-state index in [0.29, 0.717) is 0 Å². The molecule has 0 saturated heterocycles. The van der Waals surface area contributed by atoms with E-state index in [1.54, 1.807) is 0 Å². The molecule has 7 heavy (non-hydrogen) atoms. The van der Waals surface area contributed by atoms with E-state index >= 15 is 0 Å². The molecule has 0 rings (SSSR count). The van der Waals surface area contributed by atoms with Crippen LogP contribution >= 0.6 is 12.2 Å². The zero-order chi connectivity index (χ0) is 6.12. The first-order valence-electron chi connectivity index (χ1n) is 2.45. The van der Waals surface area contributed by atoms with Crippen molar-refractivity contribution in [3.8, 4) is 0 Å². The van der Waals surface area contributed by atoms with Crippen LogP contribution in [0.4, 0.5) is 0 Å². The summed E-state index contributed by atoms with van der Waals surface area (Å²) >= 11 is 4.23. The lowest BCUT2D eigenvalue weighted by atomic mass is 10.8. The van der Waals surface area contributed by atoms with Crippen molar-refractivity contribution in [1.29, 1.82) is 0 Å². The molecule has 0 aromatic heterocycles. The van der Waals surface area contributed by atoms with Crippen molar-refractivity contribution in [2.24, 2.45) is 4.99 Å². The highest BCUT2D eigenvalue weighted by atomic mass is 32.1. The summed E-state index contributed by atoms with van der Waals surface area (Å²) in [6, 6.07) is 0. The highest BCUT2D eigenvalue weighted by molar-refractivity contribution is 7.78. The van der Waals surface area contributed by atoms with E-state index in [1.807, 2.05) is 20.8 Å². The van der Waals surface area contributed by atoms with E-state index in [4.69, 9.17) is 0 Å². The Kier molecular flexibility index (Phi) is 24.2. The fourth-order valence-corrected chi connectivity index (χ4v) is 0.194. The van der Waals surface area contributed by atoms with Crippen LogP contribution in [-0.2, 0) is 0 Å². The SMILES string of the molecule is CC.CCN=C=S. The summed E-state index contributed by atoms with van der Waals surface area (Å²) in [6.07, 6.45) is 0. The molecule has 0 unspecified atom stereocenters. The maximum absolute atomic E-state index is 4.23. The van der Waals surface area contributed by atoms with E-state index in [-0.39, 0.29) is 0 Å². The van der Waals surface area contributed by atoms with Gasteiger partial charge in [-0.15, -0.1) is 0 Å². The van der Waals surface area contributed by atoms with Gasteiger partial charge in [0.2, 0.25) is 0 Å². The number of isothiocyanates is 1. The number of thiocarbonyl (C=S) groups is 1. The van der Waals surface area contributed by atoms with Gasteiger partial charge in [-0.2, -0.15) is 0 Å². The van der Waals surface area contributed by atoms with Crippen LogP contribution in [0.2, 0.25) is 0 Å². The molecule has 0 radical (unpaired) electrons. The minimum Gasteiger partial charge on any atom is -0.233 e. The Morgan fingerprint density at radius 1 is 1.57 bits per heavy atom. The largest absolute Gasteiger partial charge is 0.233 e. The van der Waals surface area contributed by atoms with Crippen molar-refractivity contribution in [2.75, 3.05) is 6.54 Å². The Balaban J connectivity index is 0. The van der Waals surface area contributed by atoms with Crippen LogP contribution < -0.4 is 0 Å². The number of nitrogens with zero attached hydrogens (tertiary/aromatic N) is 1. The van der Waals surface area contributed by atoms with E-state index in [2.05, 4.69) is 22.4 Å². The molecule has 0 N–H and O–H groups in total. The average Bonchev–Trinajstić information content (AvgIpc) is 1.75. The number of aliphatic imine (C=N–C) groups is 1. The molecule has 0 saturated carbocycles. The monoisotopic (exact) mass is 117 g/mol. The predicted molar refractivity (Wildman–Crippen MR) is 36.9 cm³/mol. The molecule has 0 aliphatic heterocycles. The minimum atomic E-state index is 0.753. The highest BCUT2D eigenvalue weighted by Crippen LogP contribution is 1.55. The maximum Gasteiger partial charge on any atom is 0.0584 e. The van der Waals surface area contributed by atoms with Gasteiger partial charge in [-0.3, -0.25) is 0 Å². The third-order valence-corrected chi connectivity index (χ3v) is 0.352. The molecular formula is C5H11NS. The zero-order valence-corrected chi connectivity index (χ0v) is 5.88. The molecule has 0 heterocycles. The van der Waals surface area contributed by atoms with E-state index in [9.17, 15) is 0 Å². The van der Waals surface area contributed by atoms with Gasteiger partial charge in [0.1, 0.15) is 0 Å². The minimum absolute atomic E-state index is 0.753. The second-order valence-electron chi connectivity index (χ2n) is 0.566. The van der Waals surface area contributed by atoms with Gasteiger partial charge >= 0.3 is 0 Å². The Morgan fingerprint density at radius 2 is 2.00 bits per heavy atom. The quantitative estimate of drug-likeness (QED) is 0.378. The summed E-state index contributed by atoms with van der Waals surface area (Å²) in [5.74, 6) is 0. The molecule has 42 valence electrons. The molecular weight excluding hydrogens is 106 g/mol. The molecule has 0 atom stereocenters. The Labute approximate surface area is 50.5 Å². The van der Waals surface area contributed by atoms with Gasteiger partial charge in [0.25, 0.3) is 0 Å². The summed E-state index contributed by atoms with van der Waals surface area (Å²) in [4.78, 5) is 3.54. The number of hydrogen-bond acceptors (Lipinski definition) is 2. The molecule has 0 fully saturated rings. The van der Waals surface area contributed by atoms with E-state index in [0.717, 1.165) is 6.54 Å². The van der Waals surface area contributed by atoms with Crippen LogP contribution in [0, 0.1) is 0 Å². The molecule has 1 nitrogen and oxygen atoms in total. The fourth-order valence-electron chi connectivity index (χ4n) is 0.0645. The molecule has 0 spiro atoms. The smallest absolute Gasteiger partial charge is 0.0584 e. The van der Waals surface area contributed by atoms with Crippen molar-refractivity contribution in [2.45, 2.75) is 20.8 Å². The second-order valence-corrected chi connectivity index (χ2v) is 0.748. The van der Waals surface area contributed by atoms with E-state index in [1.165, 1.54) is 0 Å². The first-order chi connectivity index (χ1) is 3.41. The molecule has 0 aliphatic rings. The zero-order valence-electron chi connectivity index (χ0n) is 5.06. The van der Waals surface area contributed by atoms with Gasteiger partial charge in [0.05, 0.1) is 5.16 Å². The van der Waals surface area contributed by atoms with Crippen molar-refractivity contribution >= 4 is 17.4 Å². The predicted octanol–water partition coefficient (Wildman–Crippen LogP) is 2.14. The maximum atomic E-state index is 4.23. The third kappa shape index (κ3) is 25.8. The fraction of sp³-hybridized carbons (Fsp3) is 0.800. The first-order valence-corrected chi connectivity index (χ1v) is 2.86. The van der Waals surface area contributed by atoms with Crippen LogP contribution in [0.25, 0.3) is 0 Å². The Bertz CT molecular complexity index is 55.1. The molecule has 0 aromatic carbocycles. The molecule has 0 bridgehead atoms. The lowest BCUT2D eigenvalue weighted by Crippen LogP contribution is -1.57. The normalized spacial score (nSPS) is 5.00. The standard InChI is InChI=1S/C3H5NS.C2H6/c1-2-4-3-5;1-2/h2H2,1H3;1-2H3. The van der Waals surface area contributed by atoms with Gasteiger partial charge in [0.15, 0.2) is 0 Å². The van der Waals surface area contributed by atoms with Crippen LogP contribution in [0.15, 0.2) is 4.99 Å². The van der Waals surface area contributed by atoms with Gasteiger partial charge in [0, 0.05) is 6.54 Å². The summed E-state index contributed by atoms with van der Waals surface area (Å²) < 4.78 is 0. The van der Waals surface area contributed by atoms with Gasteiger partial charge < -0.3 is 0 Å².